The number of likely N-dealkylation sites (tertiary alicyclic amines) is 1. The summed E-state index contributed by atoms with van der Waals surface area (Å²) in [5.74, 6) is 0.281. The second-order valence-electron chi connectivity index (χ2n) is 6.39. The Hall–Kier alpha value is -1.15. The Kier molecular flexibility index (Phi) is 5.15. The zero-order valence-corrected chi connectivity index (χ0v) is 15.9. The SMILES string of the molecule is CS(=O)(=O)NC1CCCN(Cc2c(O)ccc3cc(Br)ccc23)C1. The van der Waals surface area contributed by atoms with E-state index in [1.807, 2.05) is 24.3 Å². The van der Waals surface area contributed by atoms with Gasteiger partial charge < -0.3 is 5.11 Å². The molecule has 1 aliphatic rings. The van der Waals surface area contributed by atoms with Crippen LogP contribution in [0.1, 0.15) is 18.4 Å². The van der Waals surface area contributed by atoms with Gasteiger partial charge in [-0.15, -0.1) is 0 Å². The predicted molar refractivity (Wildman–Crippen MR) is 99.6 cm³/mol. The van der Waals surface area contributed by atoms with Crippen LogP contribution in [0.2, 0.25) is 0 Å². The average Bonchev–Trinajstić information content (AvgIpc) is 2.49. The number of piperidine rings is 1. The zero-order valence-electron chi connectivity index (χ0n) is 13.5. The molecule has 24 heavy (non-hydrogen) atoms. The first-order valence-corrected chi connectivity index (χ1v) is 10.6. The van der Waals surface area contributed by atoms with E-state index in [1.54, 1.807) is 6.07 Å². The second kappa shape index (κ2) is 7.00. The number of rotatable bonds is 4. The minimum atomic E-state index is -3.20. The molecule has 0 aliphatic carbocycles. The molecule has 1 heterocycles. The molecule has 2 aromatic rings. The molecule has 1 unspecified atom stereocenters. The summed E-state index contributed by atoms with van der Waals surface area (Å²) in [6.07, 6.45) is 2.97. The van der Waals surface area contributed by atoms with Crippen molar-refractivity contribution in [1.82, 2.24) is 9.62 Å². The highest BCUT2D eigenvalue weighted by atomic mass is 79.9. The molecule has 3 rings (SSSR count). The van der Waals surface area contributed by atoms with E-state index in [4.69, 9.17) is 0 Å². The summed E-state index contributed by atoms with van der Waals surface area (Å²) in [6, 6.07) is 9.56. The molecule has 0 aromatic heterocycles. The van der Waals surface area contributed by atoms with E-state index < -0.39 is 10.0 Å². The molecule has 1 fully saturated rings. The first-order chi connectivity index (χ1) is 11.3. The van der Waals surface area contributed by atoms with Crippen molar-refractivity contribution in [3.63, 3.8) is 0 Å². The Morgan fingerprint density at radius 3 is 2.88 bits per heavy atom. The quantitative estimate of drug-likeness (QED) is 0.809. The van der Waals surface area contributed by atoms with E-state index in [-0.39, 0.29) is 11.8 Å². The Balaban J connectivity index is 1.83. The van der Waals surface area contributed by atoms with Crippen LogP contribution in [-0.2, 0) is 16.6 Å². The summed E-state index contributed by atoms with van der Waals surface area (Å²) < 4.78 is 26.6. The first-order valence-electron chi connectivity index (χ1n) is 7.91. The molecule has 1 saturated heterocycles. The first kappa shape index (κ1) is 17.7. The number of aromatic hydroxyl groups is 1. The van der Waals surface area contributed by atoms with Gasteiger partial charge in [0.1, 0.15) is 5.75 Å². The molecule has 2 aromatic carbocycles. The van der Waals surface area contributed by atoms with Gasteiger partial charge in [0, 0.05) is 29.2 Å². The smallest absolute Gasteiger partial charge is 0.208 e. The summed E-state index contributed by atoms with van der Waals surface area (Å²) in [6.45, 7) is 2.15. The van der Waals surface area contributed by atoms with Crippen LogP contribution >= 0.6 is 15.9 Å². The molecule has 0 spiro atoms. The van der Waals surface area contributed by atoms with Gasteiger partial charge in [-0.1, -0.05) is 28.1 Å². The predicted octanol–water partition coefficient (Wildman–Crippen LogP) is 2.82. The molecule has 0 amide bonds. The highest BCUT2D eigenvalue weighted by Gasteiger charge is 2.23. The summed E-state index contributed by atoms with van der Waals surface area (Å²) in [5, 5.41) is 12.4. The van der Waals surface area contributed by atoms with Crippen molar-refractivity contribution in [2.45, 2.75) is 25.4 Å². The lowest BCUT2D eigenvalue weighted by Gasteiger charge is -2.33. The summed E-state index contributed by atoms with van der Waals surface area (Å²) in [7, 11) is -3.20. The van der Waals surface area contributed by atoms with Gasteiger partial charge in [-0.3, -0.25) is 4.90 Å². The number of fused-ring (bicyclic) bond motifs is 1. The van der Waals surface area contributed by atoms with Gasteiger partial charge in [0.25, 0.3) is 0 Å². The van der Waals surface area contributed by atoms with E-state index in [0.29, 0.717) is 13.1 Å². The van der Waals surface area contributed by atoms with Crippen LogP contribution < -0.4 is 4.72 Å². The van der Waals surface area contributed by atoms with Gasteiger partial charge >= 0.3 is 0 Å². The molecule has 2 N–H and O–H groups in total. The minimum absolute atomic E-state index is 0.0694. The van der Waals surface area contributed by atoms with Gasteiger partial charge in [-0.05, 0) is 48.4 Å². The molecule has 7 heteroatoms. The maximum Gasteiger partial charge on any atom is 0.208 e. The Bertz CT molecular complexity index is 854. The van der Waals surface area contributed by atoms with Gasteiger partial charge in [0.15, 0.2) is 0 Å². The summed E-state index contributed by atoms with van der Waals surface area (Å²) >= 11 is 3.47. The third-order valence-electron chi connectivity index (χ3n) is 4.34. The van der Waals surface area contributed by atoms with Crippen LogP contribution in [0.25, 0.3) is 10.8 Å². The van der Waals surface area contributed by atoms with Crippen LogP contribution in [0.4, 0.5) is 0 Å². The van der Waals surface area contributed by atoms with Crippen LogP contribution in [0.15, 0.2) is 34.8 Å². The normalized spacial score (nSPS) is 19.7. The number of hydrogen-bond donors (Lipinski definition) is 2. The van der Waals surface area contributed by atoms with Crippen molar-refractivity contribution in [2.24, 2.45) is 0 Å². The fourth-order valence-electron chi connectivity index (χ4n) is 3.34. The van der Waals surface area contributed by atoms with Gasteiger partial charge in [-0.25, -0.2) is 13.1 Å². The van der Waals surface area contributed by atoms with Crippen molar-refractivity contribution in [2.75, 3.05) is 19.3 Å². The Morgan fingerprint density at radius 2 is 2.12 bits per heavy atom. The highest BCUT2D eigenvalue weighted by molar-refractivity contribution is 9.10. The van der Waals surface area contributed by atoms with E-state index in [0.717, 1.165) is 40.2 Å². The summed E-state index contributed by atoms with van der Waals surface area (Å²) in [5.41, 5.74) is 0.889. The monoisotopic (exact) mass is 412 g/mol. The van der Waals surface area contributed by atoms with E-state index >= 15 is 0 Å². The van der Waals surface area contributed by atoms with Gasteiger partial charge in [0.2, 0.25) is 10.0 Å². The molecule has 1 atom stereocenters. The highest BCUT2D eigenvalue weighted by Crippen LogP contribution is 2.31. The molecule has 5 nitrogen and oxygen atoms in total. The van der Waals surface area contributed by atoms with Crippen LogP contribution in [0.3, 0.4) is 0 Å². The minimum Gasteiger partial charge on any atom is -0.508 e. The third kappa shape index (κ3) is 4.27. The molecule has 130 valence electrons. The molecular formula is C17H21BrN2O3S. The van der Waals surface area contributed by atoms with Gasteiger partial charge in [-0.2, -0.15) is 0 Å². The third-order valence-corrected chi connectivity index (χ3v) is 5.59. The van der Waals surface area contributed by atoms with Crippen LogP contribution in [-0.4, -0.2) is 43.8 Å². The maximum atomic E-state index is 11.5. The topological polar surface area (TPSA) is 69.6 Å². The fourth-order valence-corrected chi connectivity index (χ4v) is 4.52. The van der Waals surface area contributed by atoms with E-state index in [2.05, 4.69) is 25.6 Å². The van der Waals surface area contributed by atoms with Crippen molar-refractivity contribution in [1.29, 1.82) is 0 Å². The number of benzene rings is 2. The number of nitrogens with zero attached hydrogens (tertiary/aromatic N) is 1. The van der Waals surface area contributed by atoms with Gasteiger partial charge in [0.05, 0.1) is 6.26 Å². The van der Waals surface area contributed by atoms with Crippen LogP contribution in [0, 0.1) is 0 Å². The lowest BCUT2D eigenvalue weighted by atomic mass is 10.0. The maximum absolute atomic E-state index is 11.5. The molecule has 1 aliphatic heterocycles. The zero-order chi connectivity index (χ0) is 17.3. The number of phenols is 1. The van der Waals surface area contributed by atoms with Crippen LogP contribution in [0.5, 0.6) is 5.75 Å². The van der Waals surface area contributed by atoms with Crippen molar-refractivity contribution in [3.8, 4) is 5.75 Å². The second-order valence-corrected chi connectivity index (χ2v) is 9.09. The number of hydrogen-bond acceptors (Lipinski definition) is 4. The lowest BCUT2D eigenvalue weighted by molar-refractivity contribution is 0.193. The molecule has 0 saturated carbocycles. The Morgan fingerprint density at radius 1 is 1.33 bits per heavy atom. The fraction of sp³-hybridized carbons (Fsp3) is 0.412. The molecular weight excluding hydrogens is 392 g/mol. The van der Waals surface area contributed by atoms with Crippen molar-refractivity contribution in [3.05, 3.63) is 40.4 Å². The van der Waals surface area contributed by atoms with Crippen molar-refractivity contribution < 1.29 is 13.5 Å². The summed E-state index contributed by atoms with van der Waals surface area (Å²) in [4.78, 5) is 2.20. The number of halogens is 1. The number of phenolic OH excluding ortho intramolecular Hbond substituents is 1. The number of sulfonamides is 1. The van der Waals surface area contributed by atoms with E-state index in [9.17, 15) is 13.5 Å². The standard InChI is InChI=1S/C17H21BrN2O3S/c1-24(22,23)19-14-3-2-8-20(10-14)11-16-15-6-5-13(18)9-12(15)4-7-17(16)21/h4-7,9,14,19,21H,2-3,8,10-11H2,1H3. The van der Waals surface area contributed by atoms with Crippen molar-refractivity contribution >= 4 is 36.7 Å². The Labute approximate surface area is 150 Å². The molecule has 0 bridgehead atoms. The molecule has 0 radical (unpaired) electrons. The average molecular weight is 413 g/mol. The lowest BCUT2D eigenvalue weighted by Crippen LogP contribution is -2.47. The van der Waals surface area contributed by atoms with E-state index in [1.165, 1.54) is 6.26 Å². The largest absolute Gasteiger partial charge is 0.508 e. The number of nitrogens with one attached hydrogen (secondary N) is 1.